The van der Waals surface area contributed by atoms with Crippen molar-refractivity contribution >= 4 is 22.4 Å². The number of benzene rings is 1. The van der Waals surface area contributed by atoms with Gasteiger partial charge in [0, 0.05) is 11.5 Å². The van der Waals surface area contributed by atoms with Crippen LogP contribution in [-0.4, -0.2) is 11.1 Å². The van der Waals surface area contributed by atoms with Crippen molar-refractivity contribution in [2.24, 2.45) is 0 Å². The molecular formula is C12H12ClNO. The summed E-state index contributed by atoms with van der Waals surface area (Å²) in [6, 6.07) is 9.76. The van der Waals surface area contributed by atoms with Crippen LogP contribution in [0.15, 0.2) is 30.3 Å². The molecule has 0 aliphatic rings. The van der Waals surface area contributed by atoms with Gasteiger partial charge in [0.25, 0.3) is 0 Å². The number of nitrogens with zero attached hydrogens (tertiary/aromatic N) is 1. The molecule has 0 atom stereocenters. The summed E-state index contributed by atoms with van der Waals surface area (Å²) in [4.78, 5) is 4.18. The van der Waals surface area contributed by atoms with E-state index in [1.165, 1.54) is 0 Å². The zero-order chi connectivity index (χ0) is 10.8. The van der Waals surface area contributed by atoms with Gasteiger partial charge in [-0.25, -0.2) is 4.98 Å². The molecule has 0 radical (unpaired) electrons. The Balaban J connectivity index is 2.52. The minimum Gasteiger partial charge on any atom is -0.475 e. The third-order valence-corrected chi connectivity index (χ3v) is 2.31. The lowest BCUT2D eigenvalue weighted by Crippen LogP contribution is -2.06. The molecule has 3 heteroatoms. The lowest BCUT2D eigenvalue weighted by atomic mass is 10.2. The maximum Gasteiger partial charge on any atom is 0.215 e. The van der Waals surface area contributed by atoms with E-state index in [-0.39, 0.29) is 6.10 Å². The highest BCUT2D eigenvalue weighted by Crippen LogP contribution is 2.25. The molecule has 0 saturated heterocycles. The lowest BCUT2D eigenvalue weighted by Gasteiger charge is -2.09. The molecule has 0 saturated carbocycles. The predicted octanol–water partition coefficient (Wildman–Crippen LogP) is 3.68. The Kier molecular flexibility index (Phi) is 2.78. The Morgan fingerprint density at radius 3 is 2.73 bits per heavy atom. The summed E-state index contributed by atoms with van der Waals surface area (Å²) >= 11 is 6.05. The van der Waals surface area contributed by atoms with E-state index >= 15 is 0 Å². The highest BCUT2D eigenvalue weighted by molar-refractivity contribution is 6.34. The van der Waals surface area contributed by atoms with E-state index in [1.54, 1.807) is 0 Å². The van der Waals surface area contributed by atoms with Crippen molar-refractivity contribution in [3.63, 3.8) is 0 Å². The third-order valence-electron chi connectivity index (χ3n) is 2.03. The van der Waals surface area contributed by atoms with Crippen LogP contribution in [-0.2, 0) is 0 Å². The number of hydrogen-bond donors (Lipinski definition) is 0. The van der Waals surface area contributed by atoms with Gasteiger partial charge in [0.05, 0.1) is 6.10 Å². The molecule has 0 bridgehead atoms. The average Bonchev–Trinajstić information content (AvgIpc) is 2.16. The minimum absolute atomic E-state index is 0.106. The average molecular weight is 222 g/mol. The van der Waals surface area contributed by atoms with Gasteiger partial charge < -0.3 is 4.74 Å². The van der Waals surface area contributed by atoms with E-state index in [2.05, 4.69) is 4.98 Å². The molecular weight excluding hydrogens is 210 g/mol. The van der Waals surface area contributed by atoms with Gasteiger partial charge in [-0.05, 0) is 19.2 Å². The Hall–Kier alpha value is -1.28. The molecule has 1 heterocycles. The van der Waals surface area contributed by atoms with E-state index in [4.69, 9.17) is 16.3 Å². The fourth-order valence-electron chi connectivity index (χ4n) is 1.43. The van der Waals surface area contributed by atoms with Crippen molar-refractivity contribution < 1.29 is 4.74 Å². The quantitative estimate of drug-likeness (QED) is 0.722. The normalized spacial score (nSPS) is 10.9. The molecule has 0 aliphatic carbocycles. The Labute approximate surface area is 93.8 Å². The number of pyridine rings is 1. The fourth-order valence-corrected chi connectivity index (χ4v) is 1.69. The zero-order valence-corrected chi connectivity index (χ0v) is 9.45. The van der Waals surface area contributed by atoms with Crippen molar-refractivity contribution in [3.05, 3.63) is 35.5 Å². The molecule has 0 spiro atoms. The van der Waals surface area contributed by atoms with Crippen LogP contribution >= 0.6 is 11.6 Å². The first-order valence-electron chi connectivity index (χ1n) is 4.89. The predicted molar refractivity (Wildman–Crippen MR) is 62.5 cm³/mol. The van der Waals surface area contributed by atoms with Crippen LogP contribution in [0.4, 0.5) is 0 Å². The molecule has 2 rings (SSSR count). The van der Waals surface area contributed by atoms with Gasteiger partial charge in [-0.3, -0.25) is 0 Å². The number of hydrogen-bond acceptors (Lipinski definition) is 2. The van der Waals surface area contributed by atoms with Gasteiger partial charge in [-0.1, -0.05) is 35.9 Å². The number of halogens is 1. The third kappa shape index (κ3) is 2.21. The molecule has 0 unspecified atom stereocenters. The summed E-state index contributed by atoms with van der Waals surface area (Å²) in [5.74, 6) is 0.578. The smallest absolute Gasteiger partial charge is 0.215 e. The second-order valence-electron chi connectivity index (χ2n) is 3.64. The molecule has 0 N–H and O–H groups in total. The molecule has 0 fully saturated rings. The summed E-state index contributed by atoms with van der Waals surface area (Å²) < 4.78 is 5.51. The van der Waals surface area contributed by atoms with E-state index in [1.807, 2.05) is 44.2 Å². The maximum absolute atomic E-state index is 6.05. The van der Waals surface area contributed by atoms with Crippen LogP contribution in [0, 0.1) is 0 Å². The molecule has 0 aliphatic heterocycles. The summed E-state index contributed by atoms with van der Waals surface area (Å²) in [7, 11) is 0. The number of rotatable bonds is 2. The molecule has 2 aromatic rings. The molecule has 2 nitrogen and oxygen atoms in total. The highest BCUT2D eigenvalue weighted by Gasteiger charge is 2.05. The van der Waals surface area contributed by atoms with E-state index in [9.17, 15) is 0 Å². The van der Waals surface area contributed by atoms with Crippen LogP contribution in [0.2, 0.25) is 5.15 Å². The van der Waals surface area contributed by atoms with Crippen molar-refractivity contribution in [2.45, 2.75) is 20.0 Å². The van der Waals surface area contributed by atoms with Gasteiger partial charge >= 0.3 is 0 Å². The molecule has 78 valence electrons. The summed E-state index contributed by atoms with van der Waals surface area (Å²) in [5.41, 5.74) is 0. The van der Waals surface area contributed by atoms with Crippen molar-refractivity contribution in [3.8, 4) is 5.88 Å². The van der Waals surface area contributed by atoms with Crippen LogP contribution in [0.25, 0.3) is 10.8 Å². The fraction of sp³-hybridized carbons (Fsp3) is 0.250. The van der Waals surface area contributed by atoms with Crippen LogP contribution in [0.1, 0.15) is 13.8 Å². The Bertz CT molecular complexity index is 482. The first kappa shape index (κ1) is 10.2. The first-order valence-corrected chi connectivity index (χ1v) is 5.26. The number of aromatic nitrogens is 1. The standard InChI is InChI=1S/C12H12ClNO/c1-8(2)15-11-7-9-5-3-4-6-10(9)12(13)14-11/h3-8H,1-2H3. The van der Waals surface area contributed by atoms with Crippen molar-refractivity contribution in [2.75, 3.05) is 0 Å². The van der Waals surface area contributed by atoms with Gasteiger partial charge in [0.15, 0.2) is 0 Å². The topological polar surface area (TPSA) is 22.1 Å². The van der Waals surface area contributed by atoms with E-state index in [0.717, 1.165) is 10.8 Å². The number of fused-ring (bicyclic) bond motifs is 1. The van der Waals surface area contributed by atoms with Crippen LogP contribution in [0.3, 0.4) is 0 Å². The second-order valence-corrected chi connectivity index (χ2v) is 4.00. The largest absolute Gasteiger partial charge is 0.475 e. The monoisotopic (exact) mass is 221 g/mol. The SMILES string of the molecule is CC(C)Oc1cc2ccccc2c(Cl)n1. The Morgan fingerprint density at radius 1 is 1.27 bits per heavy atom. The second kappa shape index (κ2) is 4.07. The highest BCUT2D eigenvalue weighted by atomic mass is 35.5. The molecule has 0 amide bonds. The van der Waals surface area contributed by atoms with Crippen LogP contribution < -0.4 is 4.74 Å². The zero-order valence-electron chi connectivity index (χ0n) is 8.70. The van der Waals surface area contributed by atoms with Gasteiger partial charge in [0.1, 0.15) is 5.15 Å². The first-order chi connectivity index (χ1) is 7.16. The van der Waals surface area contributed by atoms with E-state index < -0.39 is 0 Å². The van der Waals surface area contributed by atoms with Crippen LogP contribution in [0.5, 0.6) is 5.88 Å². The Morgan fingerprint density at radius 2 is 2.00 bits per heavy atom. The molecule has 15 heavy (non-hydrogen) atoms. The maximum atomic E-state index is 6.05. The van der Waals surface area contributed by atoms with E-state index in [0.29, 0.717) is 11.0 Å². The van der Waals surface area contributed by atoms with Crippen molar-refractivity contribution in [1.82, 2.24) is 4.98 Å². The minimum atomic E-state index is 0.106. The summed E-state index contributed by atoms with van der Waals surface area (Å²) in [6.45, 7) is 3.93. The lowest BCUT2D eigenvalue weighted by molar-refractivity contribution is 0.233. The summed E-state index contributed by atoms with van der Waals surface area (Å²) in [5, 5.41) is 2.49. The molecule has 1 aromatic carbocycles. The molecule has 1 aromatic heterocycles. The number of ether oxygens (including phenoxy) is 1. The van der Waals surface area contributed by atoms with Crippen molar-refractivity contribution in [1.29, 1.82) is 0 Å². The summed E-state index contributed by atoms with van der Waals surface area (Å²) in [6.07, 6.45) is 0.106. The van der Waals surface area contributed by atoms with Gasteiger partial charge in [0.2, 0.25) is 5.88 Å². The van der Waals surface area contributed by atoms with Gasteiger partial charge in [-0.15, -0.1) is 0 Å². The van der Waals surface area contributed by atoms with Gasteiger partial charge in [-0.2, -0.15) is 0 Å².